The molecule has 10 nitrogen and oxygen atoms in total. The molecule has 3 N–H and O–H groups in total. The molecule has 2 rings (SSSR count). The molecule has 45 heavy (non-hydrogen) atoms. The Labute approximate surface area is 267 Å². The molecule has 2 aromatic rings. The fraction of sp³-hybridized carbons (Fsp3) is 0.543. The van der Waals surface area contributed by atoms with E-state index in [0.29, 0.717) is 6.42 Å². The van der Waals surface area contributed by atoms with Crippen molar-refractivity contribution in [1.82, 2.24) is 15.5 Å². The maximum Gasteiger partial charge on any atom is 0.408 e. The third kappa shape index (κ3) is 13.6. The van der Waals surface area contributed by atoms with Crippen molar-refractivity contribution in [3.63, 3.8) is 0 Å². The highest BCUT2D eigenvalue weighted by molar-refractivity contribution is 5.92. The van der Waals surface area contributed by atoms with Gasteiger partial charge in [0.15, 0.2) is 0 Å². The topological polar surface area (TPSA) is 134 Å². The van der Waals surface area contributed by atoms with E-state index in [2.05, 4.69) is 17.6 Å². The van der Waals surface area contributed by atoms with E-state index in [-0.39, 0.29) is 43.9 Å². The normalized spacial score (nSPS) is 12.5. The first-order chi connectivity index (χ1) is 21.5. The number of amides is 3. The van der Waals surface area contributed by atoms with Gasteiger partial charge in [-0.15, -0.1) is 0 Å². The molecule has 0 aromatic heterocycles. The maximum absolute atomic E-state index is 14.5. The molecule has 3 amide bonds. The minimum atomic E-state index is -1.23. The molecule has 0 aliphatic carbocycles. The number of phenolic OH excluding ortho intramolecular Hbond substituents is 1. The SMILES string of the molecule is CCCCCCCCN(C(=O)C(Cc1ccccc1)NC(=O)OC(C)(C)C)C(C(=O)NCCC(=O)OCC)c1ccccc1O. The smallest absolute Gasteiger partial charge is 0.408 e. The molecule has 0 saturated carbocycles. The highest BCUT2D eigenvalue weighted by Crippen LogP contribution is 2.30. The number of aromatic hydroxyl groups is 1. The number of hydrogen-bond donors (Lipinski definition) is 3. The number of carbonyl (C=O) groups excluding carboxylic acids is 4. The van der Waals surface area contributed by atoms with Crippen LogP contribution in [0.15, 0.2) is 54.6 Å². The van der Waals surface area contributed by atoms with Gasteiger partial charge in [0.1, 0.15) is 23.4 Å². The van der Waals surface area contributed by atoms with Crippen LogP contribution in [0, 0.1) is 0 Å². The van der Waals surface area contributed by atoms with Crippen LogP contribution in [0.2, 0.25) is 0 Å². The number of rotatable bonds is 18. The Bertz CT molecular complexity index is 1210. The molecule has 2 aromatic carbocycles. The lowest BCUT2D eigenvalue weighted by atomic mass is 9.99. The summed E-state index contributed by atoms with van der Waals surface area (Å²) in [5.74, 6) is -1.66. The van der Waals surface area contributed by atoms with E-state index in [1.807, 2.05) is 30.3 Å². The van der Waals surface area contributed by atoms with Gasteiger partial charge in [-0.1, -0.05) is 87.6 Å². The first-order valence-electron chi connectivity index (χ1n) is 16.0. The lowest BCUT2D eigenvalue weighted by Gasteiger charge is -2.35. The summed E-state index contributed by atoms with van der Waals surface area (Å²) in [6.07, 6.45) is 5.07. The van der Waals surface area contributed by atoms with Crippen LogP contribution in [-0.4, -0.2) is 65.2 Å². The largest absolute Gasteiger partial charge is 0.508 e. The number of alkyl carbamates (subject to hydrolysis) is 1. The summed E-state index contributed by atoms with van der Waals surface area (Å²) in [5, 5.41) is 16.4. The van der Waals surface area contributed by atoms with Gasteiger partial charge in [-0.05, 0) is 45.7 Å². The molecule has 0 bridgehead atoms. The molecule has 0 saturated heterocycles. The number of hydrogen-bond acceptors (Lipinski definition) is 7. The van der Waals surface area contributed by atoms with Crippen molar-refractivity contribution in [1.29, 1.82) is 0 Å². The lowest BCUT2D eigenvalue weighted by Crippen LogP contribution is -2.54. The van der Waals surface area contributed by atoms with E-state index in [0.717, 1.165) is 37.7 Å². The number of benzene rings is 2. The minimum Gasteiger partial charge on any atom is -0.508 e. The summed E-state index contributed by atoms with van der Waals surface area (Å²) in [5.41, 5.74) is 0.255. The molecular weight excluding hydrogens is 574 g/mol. The van der Waals surface area contributed by atoms with Crippen LogP contribution in [0.1, 0.15) is 96.7 Å². The quantitative estimate of drug-likeness (QED) is 0.140. The molecule has 248 valence electrons. The standard InChI is InChI=1S/C35H51N3O7/c1-6-8-9-10-11-17-24-38(31(27-20-15-16-21-29(27)39)32(41)36-23-22-30(40)44-7-2)33(42)28(25-26-18-13-12-14-19-26)37-34(43)45-35(3,4)5/h12-16,18-21,28,31,39H,6-11,17,22-25H2,1-5H3,(H,36,41)(H,37,43). The van der Waals surface area contributed by atoms with E-state index >= 15 is 0 Å². The van der Waals surface area contributed by atoms with Crippen LogP contribution in [0.4, 0.5) is 4.79 Å². The monoisotopic (exact) mass is 625 g/mol. The number of esters is 1. The Morgan fingerprint density at radius 1 is 0.889 bits per heavy atom. The van der Waals surface area contributed by atoms with Crippen LogP contribution < -0.4 is 10.6 Å². The highest BCUT2D eigenvalue weighted by Gasteiger charge is 2.37. The summed E-state index contributed by atoms with van der Waals surface area (Å²) in [7, 11) is 0. The van der Waals surface area contributed by atoms with E-state index in [4.69, 9.17) is 9.47 Å². The highest BCUT2D eigenvalue weighted by atomic mass is 16.6. The molecular formula is C35H51N3O7. The number of nitrogens with zero attached hydrogens (tertiary/aromatic N) is 1. The Hall–Kier alpha value is -4.08. The molecule has 2 atom stereocenters. The van der Waals surface area contributed by atoms with Crippen LogP contribution >= 0.6 is 0 Å². The van der Waals surface area contributed by atoms with Gasteiger partial charge < -0.3 is 30.1 Å². The number of unbranched alkanes of at least 4 members (excludes halogenated alkanes) is 5. The van der Waals surface area contributed by atoms with Gasteiger partial charge in [-0.2, -0.15) is 0 Å². The molecule has 0 radical (unpaired) electrons. The van der Waals surface area contributed by atoms with Crippen LogP contribution in [0.25, 0.3) is 0 Å². The second-order valence-corrected chi connectivity index (χ2v) is 12.0. The Balaban J connectivity index is 2.50. The second kappa shape index (κ2) is 19.3. The van der Waals surface area contributed by atoms with E-state index in [1.165, 1.54) is 11.0 Å². The van der Waals surface area contributed by atoms with E-state index in [9.17, 15) is 24.3 Å². The third-order valence-corrected chi connectivity index (χ3v) is 7.03. The van der Waals surface area contributed by atoms with Crippen LogP contribution in [0.5, 0.6) is 5.75 Å². The fourth-order valence-electron chi connectivity index (χ4n) is 4.92. The average molecular weight is 626 g/mol. The van der Waals surface area contributed by atoms with Crippen molar-refractivity contribution in [2.24, 2.45) is 0 Å². The van der Waals surface area contributed by atoms with Gasteiger partial charge in [0, 0.05) is 25.1 Å². The first kappa shape index (κ1) is 37.1. The van der Waals surface area contributed by atoms with Crippen molar-refractivity contribution < 1.29 is 33.8 Å². The zero-order chi connectivity index (χ0) is 33.2. The molecule has 0 aliphatic heterocycles. The number of phenols is 1. The van der Waals surface area contributed by atoms with Gasteiger partial charge in [0.25, 0.3) is 0 Å². The lowest BCUT2D eigenvalue weighted by molar-refractivity contribution is -0.144. The van der Waals surface area contributed by atoms with Gasteiger partial charge >= 0.3 is 12.1 Å². The summed E-state index contributed by atoms with van der Waals surface area (Å²) in [4.78, 5) is 54.7. The van der Waals surface area contributed by atoms with Crippen LogP contribution in [0.3, 0.4) is 0 Å². The van der Waals surface area contributed by atoms with E-state index < -0.39 is 41.6 Å². The number of carbonyl (C=O) groups is 4. The Morgan fingerprint density at radius 3 is 2.18 bits per heavy atom. The van der Waals surface area contributed by atoms with Crippen molar-refractivity contribution in [2.75, 3.05) is 19.7 Å². The summed E-state index contributed by atoms with van der Waals surface area (Å²) < 4.78 is 10.5. The molecule has 2 unspecified atom stereocenters. The van der Waals surface area contributed by atoms with Crippen molar-refractivity contribution >= 4 is 23.9 Å². The molecule has 10 heteroatoms. The van der Waals surface area contributed by atoms with Gasteiger partial charge in [-0.3, -0.25) is 14.4 Å². The fourth-order valence-corrected chi connectivity index (χ4v) is 4.92. The van der Waals surface area contributed by atoms with Crippen molar-refractivity contribution in [3.8, 4) is 5.75 Å². The molecule has 0 fully saturated rings. The van der Waals surface area contributed by atoms with E-state index in [1.54, 1.807) is 45.9 Å². The first-order valence-corrected chi connectivity index (χ1v) is 16.0. The average Bonchev–Trinajstić information content (AvgIpc) is 2.98. The van der Waals surface area contributed by atoms with Crippen molar-refractivity contribution in [3.05, 3.63) is 65.7 Å². The molecule has 0 aliphatic rings. The number of ether oxygens (including phenoxy) is 2. The number of para-hydroxylation sites is 1. The predicted octanol–water partition coefficient (Wildman–Crippen LogP) is 5.83. The minimum absolute atomic E-state index is 0.00951. The Morgan fingerprint density at radius 2 is 1.53 bits per heavy atom. The molecule has 0 spiro atoms. The second-order valence-electron chi connectivity index (χ2n) is 12.0. The zero-order valence-electron chi connectivity index (χ0n) is 27.5. The third-order valence-electron chi connectivity index (χ3n) is 7.03. The summed E-state index contributed by atoms with van der Waals surface area (Å²) >= 11 is 0. The van der Waals surface area contributed by atoms with Gasteiger partial charge in [0.05, 0.1) is 13.0 Å². The van der Waals surface area contributed by atoms with Gasteiger partial charge in [0.2, 0.25) is 11.8 Å². The number of nitrogens with one attached hydrogen (secondary N) is 2. The zero-order valence-corrected chi connectivity index (χ0v) is 27.5. The van der Waals surface area contributed by atoms with Gasteiger partial charge in [-0.25, -0.2) is 4.79 Å². The Kier molecular flexibility index (Phi) is 15.9. The molecule has 0 heterocycles. The predicted molar refractivity (Wildman–Crippen MR) is 174 cm³/mol. The summed E-state index contributed by atoms with van der Waals surface area (Å²) in [6, 6.07) is 13.4. The van der Waals surface area contributed by atoms with Crippen molar-refractivity contribution in [2.45, 2.75) is 104 Å². The van der Waals surface area contributed by atoms with Crippen LogP contribution in [-0.2, 0) is 30.3 Å². The maximum atomic E-state index is 14.5. The summed E-state index contributed by atoms with van der Waals surface area (Å²) in [6.45, 7) is 9.47.